The van der Waals surface area contributed by atoms with E-state index in [1.165, 1.54) is 0 Å². The Morgan fingerprint density at radius 2 is 2.20 bits per heavy atom. The molecular weight excluding hydrogens is 192 g/mol. The average Bonchev–Trinajstić information content (AvgIpc) is 2.50. The fraction of sp³-hybridized carbons (Fsp3) is 0.909. The van der Waals surface area contributed by atoms with Crippen LogP contribution in [-0.4, -0.2) is 43.3 Å². The first-order valence-electron chi connectivity index (χ1n) is 5.76. The molecule has 0 bridgehead atoms. The molecule has 2 atom stereocenters. The van der Waals surface area contributed by atoms with E-state index < -0.39 is 0 Å². The molecule has 1 amide bonds. The molecule has 0 saturated carbocycles. The van der Waals surface area contributed by atoms with Crippen molar-refractivity contribution in [3.05, 3.63) is 0 Å². The molecule has 1 aliphatic rings. The van der Waals surface area contributed by atoms with Crippen LogP contribution in [0.5, 0.6) is 0 Å². The molecule has 1 aliphatic heterocycles. The largest absolute Gasteiger partial charge is 0.385 e. The van der Waals surface area contributed by atoms with Crippen LogP contribution >= 0.6 is 0 Å². The van der Waals surface area contributed by atoms with Crippen molar-refractivity contribution >= 4 is 5.91 Å². The third kappa shape index (κ3) is 3.18. The van der Waals surface area contributed by atoms with Crippen molar-refractivity contribution in [2.75, 3.05) is 20.3 Å². The minimum atomic E-state index is 0.0300. The van der Waals surface area contributed by atoms with E-state index in [4.69, 9.17) is 4.74 Å². The van der Waals surface area contributed by atoms with Crippen molar-refractivity contribution in [3.63, 3.8) is 0 Å². The number of methoxy groups -OCH3 is 1. The first-order valence-corrected chi connectivity index (χ1v) is 5.76. The summed E-state index contributed by atoms with van der Waals surface area (Å²) in [6, 6.07) is 0.0300. The van der Waals surface area contributed by atoms with Gasteiger partial charge in [0.15, 0.2) is 0 Å². The van der Waals surface area contributed by atoms with Gasteiger partial charge in [-0.1, -0.05) is 6.92 Å². The normalized spacial score (nSPS) is 26.3. The first kappa shape index (κ1) is 12.5. The summed E-state index contributed by atoms with van der Waals surface area (Å²) in [6.45, 7) is 5.70. The summed E-state index contributed by atoms with van der Waals surface area (Å²) in [4.78, 5) is 13.8. The van der Waals surface area contributed by atoms with Crippen molar-refractivity contribution < 1.29 is 9.53 Å². The van der Waals surface area contributed by atoms with Gasteiger partial charge >= 0.3 is 0 Å². The number of nitrogens with one attached hydrogen (secondary N) is 1. The zero-order chi connectivity index (χ0) is 11.3. The lowest BCUT2D eigenvalue weighted by molar-refractivity contribution is -0.130. The molecule has 88 valence electrons. The molecule has 1 heterocycles. The second-order valence-electron chi connectivity index (χ2n) is 4.04. The standard InChI is InChI=1S/C11H22N2O2/c1-4-10-11(14)13(9(2)12-10)7-5-6-8-15-3/h9-10,12H,4-8H2,1-3H3. The van der Waals surface area contributed by atoms with Crippen LogP contribution in [0, 0.1) is 0 Å². The SMILES string of the molecule is CCC1NC(C)N(CCCCOC)C1=O. The predicted molar refractivity (Wildman–Crippen MR) is 59.5 cm³/mol. The van der Waals surface area contributed by atoms with Gasteiger partial charge in [-0.15, -0.1) is 0 Å². The van der Waals surface area contributed by atoms with Crippen LogP contribution in [-0.2, 0) is 9.53 Å². The van der Waals surface area contributed by atoms with E-state index in [0.717, 1.165) is 32.4 Å². The van der Waals surface area contributed by atoms with Gasteiger partial charge in [-0.25, -0.2) is 0 Å². The minimum absolute atomic E-state index is 0.0300. The molecule has 0 radical (unpaired) electrons. The molecule has 1 saturated heterocycles. The van der Waals surface area contributed by atoms with Crippen LogP contribution in [0.3, 0.4) is 0 Å². The third-order valence-corrected chi connectivity index (χ3v) is 2.90. The highest BCUT2D eigenvalue weighted by Gasteiger charge is 2.34. The number of amides is 1. The van der Waals surface area contributed by atoms with Gasteiger partial charge in [0, 0.05) is 20.3 Å². The fourth-order valence-electron chi connectivity index (χ4n) is 1.97. The number of carbonyl (C=O) groups excluding carboxylic acids is 1. The molecule has 1 fully saturated rings. The first-order chi connectivity index (χ1) is 7.20. The highest BCUT2D eigenvalue weighted by molar-refractivity contribution is 5.84. The lowest BCUT2D eigenvalue weighted by Gasteiger charge is -2.20. The second kappa shape index (κ2) is 6.08. The summed E-state index contributed by atoms with van der Waals surface area (Å²) in [7, 11) is 1.71. The van der Waals surface area contributed by atoms with Crippen molar-refractivity contribution in [1.29, 1.82) is 0 Å². The molecule has 2 unspecified atom stereocenters. The molecule has 0 aromatic rings. The van der Waals surface area contributed by atoms with Gasteiger partial charge in [0.2, 0.25) is 5.91 Å². The number of carbonyl (C=O) groups is 1. The molecular formula is C11H22N2O2. The second-order valence-corrected chi connectivity index (χ2v) is 4.04. The van der Waals surface area contributed by atoms with Crippen molar-refractivity contribution in [3.8, 4) is 0 Å². The van der Waals surface area contributed by atoms with Crippen LogP contribution in [0.1, 0.15) is 33.1 Å². The lowest BCUT2D eigenvalue weighted by Crippen LogP contribution is -2.35. The van der Waals surface area contributed by atoms with Crippen LogP contribution in [0.15, 0.2) is 0 Å². The zero-order valence-corrected chi connectivity index (χ0v) is 9.95. The quantitative estimate of drug-likeness (QED) is 0.670. The summed E-state index contributed by atoms with van der Waals surface area (Å²) < 4.78 is 4.98. The highest BCUT2D eigenvalue weighted by atomic mass is 16.5. The number of ether oxygens (including phenoxy) is 1. The van der Waals surface area contributed by atoms with Crippen LogP contribution in [0.25, 0.3) is 0 Å². The van der Waals surface area contributed by atoms with Crippen LogP contribution in [0.4, 0.5) is 0 Å². The van der Waals surface area contributed by atoms with Crippen LogP contribution < -0.4 is 5.32 Å². The molecule has 1 N–H and O–H groups in total. The van der Waals surface area contributed by atoms with Gasteiger partial charge in [0.25, 0.3) is 0 Å². The lowest BCUT2D eigenvalue weighted by atomic mass is 10.2. The van der Waals surface area contributed by atoms with Crippen molar-refractivity contribution in [2.24, 2.45) is 0 Å². The Hall–Kier alpha value is -0.610. The fourth-order valence-corrected chi connectivity index (χ4v) is 1.97. The highest BCUT2D eigenvalue weighted by Crippen LogP contribution is 2.13. The molecule has 4 heteroatoms. The number of nitrogens with zero attached hydrogens (tertiary/aromatic N) is 1. The van der Waals surface area contributed by atoms with Gasteiger partial charge in [-0.2, -0.15) is 0 Å². The minimum Gasteiger partial charge on any atom is -0.385 e. The van der Waals surface area contributed by atoms with E-state index >= 15 is 0 Å². The number of unbranched alkanes of at least 4 members (excludes halogenated alkanes) is 1. The van der Waals surface area contributed by atoms with E-state index in [1.807, 2.05) is 18.7 Å². The van der Waals surface area contributed by atoms with Crippen molar-refractivity contribution in [2.45, 2.75) is 45.3 Å². The molecule has 0 spiro atoms. The zero-order valence-electron chi connectivity index (χ0n) is 9.95. The molecule has 0 aromatic heterocycles. The van der Waals surface area contributed by atoms with Gasteiger partial charge in [-0.3, -0.25) is 10.1 Å². The average molecular weight is 214 g/mol. The molecule has 4 nitrogen and oxygen atoms in total. The predicted octanol–water partition coefficient (Wildman–Crippen LogP) is 0.969. The summed E-state index contributed by atoms with van der Waals surface area (Å²) in [6.07, 6.45) is 3.09. The van der Waals surface area contributed by atoms with Gasteiger partial charge in [0.1, 0.15) is 0 Å². The maximum Gasteiger partial charge on any atom is 0.240 e. The van der Waals surface area contributed by atoms with Crippen molar-refractivity contribution in [1.82, 2.24) is 10.2 Å². The maximum atomic E-state index is 11.8. The third-order valence-electron chi connectivity index (χ3n) is 2.90. The van der Waals surface area contributed by atoms with E-state index in [2.05, 4.69) is 5.32 Å². The Morgan fingerprint density at radius 3 is 2.73 bits per heavy atom. The smallest absolute Gasteiger partial charge is 0.240 e. The summed E-state index contributed by atoms with van der Waals surface area (Å²) in [5.41, 5.74) is 0. The molecule has 0 aliphatic carbocycles. The number of rotatable bonds is 6. The van der Waals surface area contributed by atoms with E-state index in [0.29, 0.717) is 0 Å². The van der Waals surface area contributed by atoms with E-state index in [-0.39, 0.29) is 18.1 Å². The van der Waals surface area contributed by atoms with E-state index in [9.17, 15) is 4.79 Å². The maximum absolute atomic E-state index is 11.8. The topological polar surface area (TPSA) is 41.6 Å². The van der Waals surface area contributed by atoms with Gasteiger partial charge < -0.3 is 9.64 Å². The Morgan fingerprint density at radius 1 is 1.47 bits per heavy atom. The monoisotopic (exact) mass is 214 g/mol. The Balaban J connectivity index is 2.31. The number of hydrogen-bond acceptors (Lipinski definition) is 3. The summed E-state index contributed by atoms with van der Waals surface area (Å²) in [5, 5.41) is 3.29. The van der Waals surface area contributed by atoms with E-state index in [1.54, 1.807) is 7.11 Å². The van der Waals surface area contributed by atoms with Crippen LogP contribution in [0.2, 0.25) is 0 Å². The molecule has 1 rings (SSSR count). The molecule has 0 aromatic carbocycles. The van der Waals surface area contributed by atoms with Gasteiger partial charge in [-0.05, 0) is 26.2 Å². The summed E-state index contributed by atoms with van der Waals surface area (Å²) >= 11 is 0. The Kier molecular flexibility index (Phi) is 5.05. The Bertz CT molecular complexity index is 209. The summed E-state index contributed by atoms with van der Waals surface area (Å²) in [5.74, 6) is 0.252. The Labute approximate surface area is 92.0 Å². The molecule has 15 heavy (non-hydrogen) atoms. The van der Waals surface area contributed by atoms with Gasteiger partial charge in [0.05, 0.1) is 12.2 Å². The number of hydrogen-bond donors (Lipinski definition) is 1.